The summed E-state index contributed by atoms with van der Waals surface area (Å²) in [5.74, 6) is 1.33. The van der Waals surface area contributed by atoms with E-state index in [0.717, 1.165) is 48.2 Å². The lowest BCUT2D eigenvalue weighted by Gasteiger charge is -2.41. The Morgan fingerprint density at radius 2 is 1.61 bits per heavy atom. The number of aromatic nitrogens is 4. The summed E-state index contributed by atoms with van der Waals surface area (Å²) in [6.07, 6.45) is 7.60. The van der Waals surface area contributed by atoms with E-state index < -0.39 is 11.1 Å². The van der Waals surface area contributed by atoms with Crippen LogP contribution in [0.25, 0.3) is 11.4 Å². The van der Waals surface area contributed by atoms with E-state index in [2.05, 4.69) is 30.6 Å². The average Bonchev–Trinajstić information content (AvgIpc) is 3.72. The zero-order valence-corrected chi connectivity index (χ0v) is 33.4. The highest BCUT2D eigenvalue weighted by molar-refractivity contribution is 5.95. The van der Waals surface area contributed by atoms with Crippen molar-refractivity contribution in [1.82, 2.24) is 30.4 Å². The van der Waals surface area contributed by atoms with E-state index in [1.54, 1.807) is 23.4 Å². The molecule has 2 aromatic heterocycles. The average molecular weight is 786 g/mol. The fourth-order valence-corrected chi connectivity index (χ4v) is 6.22. The molecule has 3 heterocycles. The highest BCUT2D eigenvalue weighted by atomic mass is 16.6. The summed E-state index contributed by atoms with van der Waals surface area (Å²) in [5, 5.41) is 14.4. The first-order chi connectivity index (χ1) is 27.5. The van der Waals surface area contributed by atoms with Crippen molar-refractivity contribution in [2.24, 2.45) is 0 Å². The van der Waals surface area contributed by atoms with Gasteiger partial charge in [-0.3, -0.25) is 14.9 Å². The number of esters is 1. The third-order valence-electron chi connectivity index (χ3n) is 9.23. The van der Waals surface area contributed by atoms with E-state index in [0.29, 0.717) is 76.1 Å². The van der Waals surface area contributed by atoms with Crippen molar-refractivity contribution in [1.29, 1.82) is 0 Å². The summed E-state index contributed by atoms with van der Waals surface area (Å²) < 4.78 is 27.0. The second-order valence-electron chi connectivity index (χ2n) is 14.8. The monoisotopic (exact) mass is 785 g/mol. The number of benzene rings is 2. The number of amides is 2. The molecular formula is C42H55N7O8. The molecule has 306 valence electrons. The van der Waals surface area contributed by atoms with Crippen LogP contribution in [0.15, 0.2) is 73.1 Å². The number of methoxy groups -OCH3 is 1. The number of nitrogens with one attached hydrogen (secondary N) is 3. The molecule has 0 saturated carbocycles. The van der Waals surface area contributed by atoms with Crippen molar-refractivity contribution in [3.63, 3.8) is 0 Å². The van der Waals surface area contributed by atoms with Gasteiger partial charge in [-0.2, -0.15) is 5.10 Å². The molecule has 1 aliphatic heterocycles. The number of H-pyrrole nitrogens is 1. The quantitative estimate of drug-likeness (QED) is 0.0676. The van der Waals surface area contributed by atoms with E-state index >= 15 is 0 Å². The number of piperidine rings is 1. The number of carbonyl (C=O) groups is 3. The minimum Gasteiger partial charge on any atom is -0.494 e. The first-order valence-corrected chi connectivity index (χ1v) is 19.5. The molecule has 0 radical (unpaired) electrons. The molecule has 2 aromatic carbocycles. The number of hydrogen-bond donors (Lipinski definition) is 3. The molecule has 0 spiro atoms. The smallest absolute Gasteiger partial charge is 0.410 e. The van der Waals surface area contributed by atoms with Gasteiger partial charge in [-0.1, -0.05) is 18.2 Å². The van der Waals surface area contributed by atoms with Crippen molar-refractivity contribution >= 4 is 23.7 Å². The Bertz CT molecular complexity index is 1870. The number of carbonyl (C=O) groups excluding carboxylic acids is 3. The van der Waals surface area contributed by atoms with Gasteiger partial charge in [0, 0.05) is 68.7 Å². The lowest BCUT2D eigenvalue weighted by Crippen LogP contribution is -2.50. The van der Waals surface area contributed by atoms with Gasteiger partial charge < -0.3 is 39.2 Å². The van der Waals surface area contributed by atoms with E-state index in [9.17, 15) is 14.4 Å². The second kappa shape index (κ2) is 21.1. The van der Waals surface area contributed by atoms with Crippen molar-refractivity contribution in [3.05, 3.63) is 90.0 Å². The molecule has 2 amide bonds. The van der Waals surface area contributed by atoms with Crippen LogP contribution in [0.4, 0.5) is 10.5 Å². The molecule has 1 saturated heterocycles. The van der Waals surface area contributed by atoms with Crippen LogP contribution in [0.3, 0.4) is 0 Å². The maximum atomic E-state index is 13.4. The van der Waals surface area contributed by atoms with Gasteiger partial charge in [-0.15, -0.1) is 0 Å². The van der Waals surface area contributed by atoms with Gasteiger partial charge in [-0.25, -0.2) is 14.6 Å². The van der Waals surface area contributed by atoms with Gasteiger partial charge in [0.05, 0.1) is 13.7 Å². The molecule has 1 aliphatic rings. The topological polar surface area (TPSA) is 179 Å². The third-order valence-corrected chi connectivity index (χ3v) is 9.23. The van der Waals surface area contributed by atoms with Crippen LogP contribution in [0.5, 0.6) is 5.75 Å². The summed E-state index contributed by atoms with van der Waals surface area (Å²) in [4.78, 5) is 48.1. The third kappa shape index (κ3) is 13.6. The number of pyridine rings is 1. The van der Waals surface area contributed by atoms with Crippen molar-refractivity contribution in [3.8, 4) is 17.1 Å². The van der Waals surface area contributed by atoms with Crippen LogP contribution in [0.2, 0.25) is 0 Å². The Morgan fingerprint density at radius 1 is 0.877 bits per heavy atom. The molecule has 0 aliphatic carbocycles. The van der Waals surface area contributed by atoms with Crippen molar-refractivity contribution in [2.75, 3.05) is 58.6 Å². The highest BCUT2D eigenvalue weighted by Gasteiger charge is 2.41. The molecule has 57 heavy (non-hydrogen) atoms. The molecule has 15 nitrogen and oxygen atoms in total. The summed E-state index contributed by atoms with van der Waals surface area (Å²) in [6, 6.07) is 18.8. The van der Waals surface area contributed by atoms with E-state index in [1.807, 2.05) is 75.4 Å². The predicted molar refractivity (Wildman–Crippen MR) is 214 cm³/mol. The standard InChI is InChI=1S/C42H55N7O8/c1-41(2,3)57-40(52)49-21-17-42(18-22-49,39-45-37(47-48-39)32-15-19-43-20-16-32)46-34-13-9-12-33(28-34)38(51)44-29-31-11-8-14-35(27-31)56-26-7-5-6-23-54-24-10-25-55-30-36(50)53-4/h8-9,11-16,19-20,27-28,46H,5-7,10,17-18,21-26,29-30H2,1-4H3,(H,44,51)(H,45,47,48). The molecule has 0 bridgehead atoms. The van der Waals surface area contributed by atoms with Gasteiger partial charge in [0.25, 0.3) is 5.91 Å². The maximum absolute atomic E-state index is 13.4. The molecular weight excluding hydrogens is 731 g/mol. The Balaban J connectivity index is 1.11. The SMILES string of the molecule is COC(=O)COCCCOCCCCCOc1cccc(CNC(=O)c2cccc(NC3(c4nc(-c5ccncc5)n[nH]4)CCN(C(=O)OC(C)(C)C)CC3)c2)c1. The van der Waals surface area contributed by atoms with Gasteiger partial charge >= 0.3 is 12.1 Å². The van der Waals surface area contributed by atoms with Crippen LogP contribution < -0.4 is 15.4 Å². The highest BCUT2D eigenvalue weighted by Crippen LogP contribution is 2.36. The molecule has 15 heteroatoms. The van der Waals surface area contributed by atoms with Crippen LogP contribution in [0, 0.1) is 0 Å². The fraction of sp³-hybridized carbons (Fsp3) is 0.476. The summed E-state index contributed by atoms with van der Waals surface area (Å²) in [6.45, 7) is 9.01. The van der Waals surface area contributed by atoms with Crippen LogP contribution in [-0.4, -0.2) is 102 Å². The van der Waals surface area contributed by atoms with Gasteiger partial charge in [0.15, 0.2) is 11.6 Å². The molecule has 1 fully saturated rings. The van der Waals surface area contributed by atoms with E-state index in [1.165, 1.54) is 7.11 Å². The molecule has 4 aromatic rings. The number of likely N-dealkylation sites (tertiary alicyclic amines) is 1. The number of nitrogens with zero attached hydrogens (tertiary/aromatic N) is 4. The zero-order valence-electron chi connectivity index (χ0n) is 33.4. The summed E-state index contributed by atoms with van der Waals surface area (Å²) in [7, 11) is 1.33. The largest absolute Gasteiger partial charge is 0.494 e. The van der Waals surface area contributed by atoms with E-state index in [4.69, 9.17) is 23.9 Å². The molecule has 3 N–H and O–H groups in total. The fourth-order valence-electron chi connectivity index (χ4n) is 6.22. The number of hydrogen-bond acceptors (Lipinski definition) is 12. The predicted octanol–water partition coefficient (Wildman–Crippen LogP) is 6.28. The van der Waals surface area contributed by atoms with Crippen LogP contribution in [-0.2, 0) is 35.8 Å². The lowest BCUT2D eigenvalue weighted by atomic mass is 9.86. The summed E-state index contributed by atoms with van der Waals surface area (Å²) >= 11 is 0. The molecule has 0 unspecified atom stereocenters. The maximum Gasteiger partial charge on any atom is 0.410 e. The zero-order chi connectivity index (χ0) is 40.5. The minimum absolute atomic E-state index is 0.0360. The minimum atomic E-state index is -0.704. The Hall–Kier alpha value is -5.54. The van der Waals surface area contributed by atoms with Gasteiger partial charge in [0.1, 0.15) is 23.5 Å². The first-order valence-electron chi connectivity index (χ1n) is 19.5. The van der Waals surface area contributed by atoms with Crippen molar-refractivity contribution < 1.29 is 38.1 Å². The number of unbranched alkanes of at least 4 members (excludes halogenated alkanes) is 2. The molecule has 5 rings (SSSR count). The van der Waals surface area contributed by atoms with Crippen LogP contribution in [0.1, 0.15) is 81.0 Å². The van der Waals surface area contributed by atoms with E-state index in [-0.39, 0.29) is 24.6 Å². The number of rotatable bonds is 20. The van der Waals surface area contributed by atoms with Crippen molar-refractivity contribution in [2.45, 2.75) is 77.0 Å². The molecule has 0 atom stereocenters. The number of aromatic amines is 1. The van der Waals surface area contributed by atoms with Crippen LogP contribution >= 0.6 is 0 Å². The Morgan fingerprint density at radius 3 is 2.39 bits per heavy atom. The Kier molecular flexibility index (Phi) is 15.8. The van der Waals surface area contributed by atoms with Gasteiger partial charge in [0.2, 0.25) is 0 Å². The second-order valence-corrected chi connectivity index (χ2v) is 14.8. The summed E-state index contributed by atoms with van der Waals surface area (Å²) in [5.41, 5.74) is 1.68. The lowest BCUT2D eigenvalue weighted by molar-refractivity contribution is -0.146. The first kappa shape index (κ1) is 42.6. The number of ether oxygens (including phenoxy) is 5. The normalized spacial score (nSPS) is 13.8. The Labute approximate surface area is 334 Å². The number of anilines is 1. The van der Waals surface area contributed by atoms with Gasteiger partial charge in [-0.05, 0) is 107 Å².